The Kier molecular flexibility index (Phi) is 5.77. The molecule has 0 spiro atoms. The maximum Gasteiger partial charge on any atom is 0.321 e. The van der Waals surface area contributed by atoms with E-state index in [2.05, 4.69) is 16.0 Å². The van der Waals surface area contributed by atoms with Gasteiger partial charge in [0.25, 0.3) is 0 Å². The average molecular weight is 335 g/mol. The molecular weight excluding hydrogens is 318 g/mol. The monoisotopic (exact) mass is 335 g/mol. The third-order valence-electron chi connectivity index (χ3n) is 3.46. The summed E-state index contributed by atoms with van der Waals surface area (Å²) in [4.78, 5) is 35.1. The molecule has 0 bridgehead atoms. The van der Waals surface area contributed by atoms with Crippen LogP contribution in [0.25, 0.3) is 0 Å². The highest BCUT2D eigenvalue weighted by Gasteiger charge is 2.45. The van der Waals surface area contributed by atoms with Crippen LogP contribution in [0.2, 0.25) is 0 Å². The molecule has 0 aromatic carbocycles. The summed E-state index contributed by atoms with van der Waals surface area (Å²) in [5.74, 6) is -2.07. The molecule has 0 fully saturated rings. The molecule has 3 N–H and O–H groups in total. The Bertz CT molecular complexity index is 656. The highest BCUT2D eigenvalue weighted by molar-refractivity contribution is 8.04. The van der Waals surface area contributed by atoms with Crippen LogP contribution in [-0.4, -0.2) is 30.1 Å². The highest BCUT2D eigenvalue weighted by atomic mass is 32.2. The number of hydrogen-bond acceptors (Lipinski definition) is 6. The second kappa shape index (κ2) is 7.16. The first-order valence-electron chi connectivity index (χ1n) is 6.73. The van der Waals surface area contributed by atoms with Crippen molar-refractivity contribution in [3.8, 4) is 12.1 Å². The van der Waals surface area contributed by atoms with Crippen molar-refractivity contribution in [2.75, 3.05) is 7.05 Å². The van der Waals surface area contributed by atoms with Gasteiger partial charge in [0.15, 0.2) is 0 Å². The van der Waals surface area contributed by atoms with Gasteiger partial charge in [0.05, 0.1) is 28.0 Å². The summed E-state index contributed by atoms with van der Waals surface area (Å²) in [6, 6.07) is 3.26. The third kappa shape index (κ3) is 3.82. The molecule has 1 rings (SSSR count). The quantitative estimate of drug-likeness (QED) is 0.691. The fourth-order valence-electron chi connectivity index (χ4n) is 2.02. The van der Waals surface area contributed by atoms with Gasteiger partial charge in [0, 0.05) is 12.5 Å². The number of carbonyl (C=O) groups is 3. The molecule has 0 unspecified atom stereocenters. The van der Waals surface area contributed by atoms with Crippen molar-refractivity contribution in [1.82, 2.24) is 16.0 Å². The topological polar surface area (TPSA) is 135 Å². The van der Waals surface area contributed by atoms with E-state index in [4.69, 9.17) is 5.26 Å². The summed E-state index contributed by atoms with van der Waals surface area (Å²) in [5, 5.41) is 24.9. The molecular formula is C14H17N5O3S. The zero-order chi connectivity index (χ0) is 17.8. The molecule has 0 aromatic rings. The zero-order valence-electron chi connectivity index (χ0n) is 13.2. The fraction of sp³-hybridized carbons (Fsp3) is 0.500. The van der Waals surface area contributed by atoms with Gasteiger partial charge in [-0.1, -0.05) is 25.6 Å². The van der Waals surface area contributed by atoms with Crippen LogP contribution in [0, 0.1) is 34.0 Å². The molecule has 23 heavy (non-hydrogen) atoms. The second-order valence-corrected chi connectivity index (χ2v) is 6.77. The van der Waals surface area contributed by atoms with Crippen LogP contribution in [0.1, 0.15) is 20.8 Å². The van der Waals surface area contributed by atoms with E-state index in [-0.39, 0.29) is 10.6 Å². The summed E-state index contributed by atoms with van der Waals surface area (Å²) in [6.45, 7) is 4.81. The van der Waals surface area contributed by atoms with Crippen LogP contribution in [-0.2, 0) is 9.59 Å². The lowest BCUT2D eigenvalue weighted by atomic mass is 9.72. The molecule has 0 saturated heterocycles. The molecule has 1 aliphatic heterocycles. The van der Waals surface area contributed by atoms with E-state index < -0.39 is 34.4 Å². The highest BCUT2D eigenvalue weighted by Crippen LogP contribution is 2.42. The molecule has 0 aliphatic carbocycles. The van der Waals surface area contributed by atoms with Gasteiger partial charge in [-0.15, -0.1) is 0 Å². The summed E-state index contributed by atoms with van der Waals surface area (Å²) in [7, 11) is 1.38. The third-order valence-corrected chi connectivity index (χ3v) is 4.57. The van der Waals surface area contributed by atoms with Gasteiger partial charge in [-0.3, -0.25) is 14.9 Å². The standard InChI is InChI=1S/C14H17N5O3S/c1-7(10(20)19-13(22)17-4)23-12-9(6-16)14(2,3)8(5-15)11(21)18-12/h7-8H,1-4H3,(H,18,21)(H2,17,19,20,22)/t7-,8+/m0/s1. The Hall–Kier alpha value is -2.52. The zero-order valence-corrected chi connectivity index (χ0v) is 14.0. The predicted octanol–water partition coefficient (Wildman–Crippen LogP) is 0.595. The predicted molar refractivity (Wildman–Crippen MR) is 83.3 cm³/mol. The molecule has 1 heterocycles. The number of nitrogens with zero attached hydrogens (tertiary/aromatic N) is 2. The van der Waals surface area contributed by atoms with Crippen molar-refractivity contribution >= 4 is 29.6 Å². The van der Waals surface area contributed by atoms with E-state index in [0.29, 0.717) is 0 Å². The minimum absolute atomic E-state index is 0.230. The van der Waals surface area contributed by atoms with Gasteiger partial charge in [0.2, 0.25) is 11.8 Å². The number of imide groups is 1. The van der Waals surface area contributed by atoms with Crippen molar-refractivity contribution in [2.24, 2.45) is 11.3 Å². The van der Waals surface area contributed by atoms with Crippen molar-refractivity contribution in [1.29, 1.82) is 10.5 Å². The lowest BCUT2D eigenvalue weighted by Crippen LogP contribution is -2.46. The molecule has 1 aliphatic rings. The van der Waals surface area contributed by atoms with E-state index in [1.165, 1.54) is 7.05 Å². The van der Waals surface area contributed by atoms with E-state index in [0.717, 1.165) is 11.8 Å². The minimum atomic E-state index is -0.989. The van der Waals surface area contributed by atoms with E-state index in [1.807, 2.05) is 12.1 Å². The SMILES string of the molecule is CNC(=O)NC(=O)[C@H](C)SC1=C(C#N)C(C)(C)[C@H](C#N)C(=O)N1. The molecule has 9 heteroatoms. The second-order valence-electron chi connectivity index (χ2n) is 5.42. The van der Waals surface area contributed by atoms with Crippen LogP contribution < -0.4 is 16.0 Å². The Labute approximate surface area is 138 Å². The lowest BCUT2D eigenvalue weighted by Gasteiger charge is -2.35. The number of carbonyl (C=O) groups excluding carboxylic acids is 3. The van der Waals surface area contributed by atoms with Gasteiger partial charge >= 0.3 is 6.03 Å². The van der Waals surface area contributed by atoms with E-state index >= 15 is 0 Å². The number of hydrogen-bond donors (Lipinski definition) is 3. The molecule has 122 valence electrons. The van der Waals surface area contributed by atoms with Crippen molar-refractivity contribution in [2.45, 2.75) is 26.0 Å². The van der Waals surface area contributed by atoms with Crippen LogP contribution in [0.15, 0.2) is 10.6 Å². The maximum absolute atomic E-state index is 12.0. The summed E-state index contributed by atoms with van der Waals surface area (Å²) in [5.41, 5.74) is -0.737. The molecule has 0 aromatic heterocycles. The summed E-state index contributed by atoms with van der Waals surface area (Å²) >= 11 is 0.956. The Balaban J connectivity index is 3.06. The number of amides is 4. The Morgan fingerprint density at radius 3 is 2.48 bits per heavy atom. The number of nitriles is 2. The minimum Gasteiger partial charge on any atom is -0.341 e. The van der Waals surface area contributed by atoms with Crippen molar-refractivity contribution < 1.29 is 14.4 Å². The number of thioether (sulfide) groups is 1. The Morgan fingerprint density at radius 2 is 2.00 bits per heavy atom. The average Bonchev–Trinajstić information content (AvgIpc) is 2.46. The van der Waals surface area contributed by atoms with Crippen LogP contribution in [0.4, 0.5) is 4.79 Å². The molecule has 4 amide bonds. The number of urea groups is 1. The van der Waals surface area contributed by atoms with Crippen molar-refractivity contribution in [3.05, 3.63) is 10.6 Å². The molecule has 2 atom stereocenters. The van der Waals surface area contributed by atoms with Gasteiger partial charge in [-0.25, -0.2) is 4.79 Å². The largest absolute Gasteiger partial charge is 0.341 e. The maximum atomic E-state index is 12.0. The van der Waals surface area contributed by atoms with Crippen LogP contribution in [0.3, 0.4) is 0 Å². The normalized spacial score (nSPS) is 20.6. The number of allylic oxidation sites excluding steroid dienone is 1. The van der Waals surface area contributed by atoms with Gasteiger partial charge in [-0.05, 0) is 6.92 Å². The first-order valence-corrected chi connectivity index (χ1v) is 7.61. The summed E-state index contributed by atoms with van der Waals surface area (Å²) < 4.78 is 0. The number of nitrogens with one attached hydrogen (secondary N) is 3. The first-order chi connectivity index (χ1) is 10.7. The van der Waals surface area contributed by atoms with Crippen LogP contribution >= 0.6 is 11.8 Å². The fourth-order valence-corrected chi connectivity index (χ4v) is 3.13. The molecule has 0 radical (unpaired) electrons. The molecule has 8 nitrogen and oxygen atoms in total. The van der Waals surface area contributed by atoms with Crippen LogP contribution in [0.5, 0.6) is 0 Å². The van der Waals surface area contributed by atoms with E-state index in [1.54, 1.807) is 20.8 Å². The Morgan fingerprint density at radius 1 is 1.39 bits per heavy atom. The van der Waals surface area contributed by atoms with Gasteiger partial charge < -0.3 is 10.6 Å². The molecule has 0 saturated carbocycles. The van der Waals surface area contributed by atoms with E-state index in [9.17, 15) is 19.6 Å². The smallest absolute Gasteiger partial charge is 0.321 e. The first kappa shape index (κ1) is 18.5. The lowest BCUT2D eigenvalue weighted by molar-refractivity contribution is -0.125. The van der Waals surface area contributed by atoms with Gasteiger partial charge in [0.1, 0.15) is 5.92 Å². The number of rotatable bonds is 3. The van der Waals surface area contributed by atoms with Gasteiger partial charge in [-0.2, -0.15) is 10.5 Å². The summed E-state index contributed by atoms with van der Waals surface area (Å²) in [6.07, 6.45) is 0. The van der Waals surface area contributed by atoms with Crippen molar-refractivity contribution in [3.63, 3.8) is 0 Å².